The van der Waals surface area contributed by atoms with Crippen LogP contribution in [0.4, 0.5) is 0 Å². The second kappa shape index (κ2) is 5.10. The van der Waals surface area contributed by atoms with Gasteiger partial charge in [0.15, 0.2) is 0 Å². The van der Waals surface area contributed by atoms with Crippen molar-refractivity contribution < 1.29 is 0 Å². The van der Waals surface area contributed by atoms with Gasteiger partial charge in [0.05, 0.1) is 0 Å². The van der Waals surface area contributed by atoms with Crippen LogP contribution in [-0.4, -0.2) is 54.6 Å². The number of nitrogens with zero attached hydrogens (tertiary/aromatic N) is 2. The summed E-state index contributed by atoms with van der Waals surface area (Å²) < 4.78 is 0. The fraction of sp³-hybridized carbons (Fsp3) is 0.833. The quantitative estimate of drug-likeness (QED) is 0.533. The third-order valence-corrected chi connectivity index (χ3v) is 3.76. The van der Waals surface area contributed by atoms with E-state index in [0.29, 0.717) is 12.1 Å². The first-order valence-electron chi connectivity index (χ1n) is 6.14. The Morgan fingerprint density at radius 2 is 2.07 bits per heavy atom. The SMILES string of the molecule is C=CCCCC(N)C1CN2CCN1CC2. The normalized spacial score (nSPS) is 36.5. The van der Waals surface area contributed by atoms with Gasteiger partial charge in [0.2, 0.25) is 0 Å². The van der Waals surface area contributed by atoms with Crippen LogP contribution >= 0.6 is 0 Å². The topological polar surface area (TPSA) is 32.5 Å². The van der Waals surface area contributed by atoms with Gasteiger partial charge < -0.3 is 5.73 Å². The van der Waals surface area contributed by atoms with Crippen molar-refractivity contribution >= 4 is 0 Å². The van der Waals surface area contributed by atoms with Crippen LogP contribution in [0.2, 0.25) is 0 Å². The number of rotatable bonds is 5. The van der Waals surface area contributed by atoms with E-state index in [1.165, 1.54) is 39.1 Å². The van der Waals surface area contributed by atoms with Crippen LogP contribution in [0.3, 0.4) is 0 Å². The van der Waals surface area contributed by atoms with E-state index in [4.69, 9.17) is 5.73 Å². The van der Waals surface area contributed by atoms with Gasteiger partial charge >= 0.3 is 0 Å². The molecule has 0 radical (unpaired) electrons. The number of allylic oxidation sites excluding steroid dienone is 1. The zero-order valence-electron chi connectivity index (χ0n) is 9.57. The van der Waals surface area contributed by atoms with Crippen molar-refractivity contribution in [2.45, 2.75) is 31.3 Å². The highest BCUT2D eigenvalue weighted by Gasteiger charge is 2.34. The molecule has 0 saturated carbocycles. The number of hydrogen-bond acceptors (Lipinski definition) is 3. The Labute approximate surface area is 92.9 Å². The van der Waals surface area contributed by atoms with Gasteiger partial charge in [-0.05, 0) is 19.3 Å². The molecule has 3 aliphatic rings. The molecular weight excluding hydrogens is 186 g/mol. The zero-order valence-corrected chi connectivity index (χ0v) is 9.57. The summed E-state index contributed by atoms with van der Waals surface area (Å²) in [5, 5.41) is 0. The number of hydrogen-bond donors (Lipinski definition) is 1. The summed E-state index contributed by atoms with van der Waals surface area (Å²) in [5.41, 5.74) is 6.27. The second-order valence-electron chi connectivity index (χ2n) is 4.79. The molecule has 0 spiro atoms. The molecule has 0 aromatic rings. The first-order chi connectivity index (χ1) is 7.31. The zero-order chi connectivity index (χ0) is 10.7. The molecule has 3 rings (SSSR count). The van der Waals surface area contributed by atoms with Gasteiger partial charge in [0, 0.05) is 44.8 Å². The fourth-order valence-electron chi connectivity index (χ4n) is 2.75. The maximum absolute atomic E-state index is 6.27. The minimum Gasteiger partial charge on any atom is -0.326 e. The highest BCUT2D eigenvalue weighted by Crippen LogP contribution is 2.19. The van der Waals surface area contributed by atoms with Gasteiger partial charge in [-0.25, -0.2) is 0 Å². The molecule has 3 fully saturated rings. The molecule has 0 aromatic carbocycles. The van der Waals surface area contributed by atoms with Crippen molar-refractivity contribution in [3.05, 3.63) is 12.7 Å². The van der Waals surface area contributed by atoms with E-state index in [1.54, 1.807) is 0 Å². The van der Waals surface area contributed by atoms with Crippen LogP contribution in [0.25, 0.3) is 0 Å². The lowest BCUT2D eigenvalue weighted by Gasteiger charge is -2.49. The van der Waals surface area contributed by atoms with E-state index in [9.17, 15) is 0 Å². The molecule has 3 heterocycles. The summed E-state index contributed by atoms with van der Waals surface area (Å²) in [6.07, 6.45) is 5.42. The van der Waals surface area contributed by atoms with Crippen LogP contribution in [-0.2, 0) is 0 Å². The first-order valence-corrected chi connectivity index (χ1v) is 6.14. The summed E-state index contributed by atoms with van der Waals surface area (Å²) in [6, 6.07) is 0.963. The third-order valence-electron chi connectivity index (χ3n) is 3.76. The van der Waals surface area contributed by atoms with E-state index in [-0.39, 0.29) is 0 Å². The maximum atomic E-state index is 6.27. The summed E-state index contributed by atoms with van der Waals surface area (Å²) >= 11 is 0. The average Bonchev–Trinajstić information content (AvgIpc) is 2.30. The molecule has 3 saturated heterocycles. The Kier molecular flexibility index (Phi) is 3.78. The fourth-order valence-corrected chi connectivity index (χ4v) is 2.75. The van der Waals surface area contributed by atoms with Crippen molar-refractivity contribution in [3.63, 3.8) is 0 Å². The monoisotopic (exact) mass is 209 g/mol. The van der Waals surface area contributed by atoms with Gasteiger partial charge in [0.1, 0.15) is 0 Å². The first kappa shape index (κ1) is 11.1. The van der Waals surface area contributed by atoms with Crippen LogP contribution in [0.5, 0.6) is 0 Å². The van der Waals surface area contributed by atoms with Crippen molar-refractivity contribution in [3.8, 4) is 0 Å². The van der Waals surface area contributed by atoms with Crippen molar-refractivity contribution in [1.29, 1.82) is 0 Å². The summed E-state index contributed by atoms with van der Waals surface area (Å²) in [6.45, 7) is 9.87. The Morgan fingerprint density at radius 1 is 1.33 bits per heavy atom. The molecule has 0 aromatic heterocycles. The summed E-state index contributed by atoms with van der Waals surface area (Å²) in [4.78, 5) is 5.14. The summed E-state index contributed by atoms with van der Waals surface area (Å²) in [7, 11) is 0. The second-order valence-corrected chi connectivity index (χ2v) is 4.79. The minimum absolute atomic E-state index is 0.355. The number of fused-ring (bicyclic) bond motifs is 3. The third kappa shape index (κ3) is 2.60. The Bertz CT molecular complexity index is 209. The van der Waals surface area contributed by atoms with Crippen LogP contribution in [0.15, 0.2) is 12.7 Å². The lowest BCUT2D eigenvalue weighted by Crippen LogP contribution is -2.65. The minimum atomic E-state index is 0.355. The predicted octanol–water partition coefficient (Wildman–Crippen LogP) is 0.670. The molecular formula is C12H23N3. The maximum Gasteiger partial charge on any atom is 0.0375 e. The van der Waals surface area contributed by atoms with E-state index < -0.39 is 0 Å². The molecule has 86 valence electrons. The Balaban J connectivity index is 1.79. The van der Waals surface area contributed by atoms with Crippen molar-refractivity contribution in [2.24, 2.45) is 5.73 Å². The van der Waals surface area contributed by atoms with Crippen molar-refractivity contribution in [1.82, 2.24) is 9.80 Å². The van der Waals surface area contributed by atoms with Crippen molar-refractivity contribution in [2.75, 3.05) is 32.7 Å². The van der Waals surface area contributed by atoms with Crippen LogP contribution in [0, 0.1) is 0 Å². The lowest BCUT2D eigenvalue weighted by atomic mass is 9.96. The smallest absolute Gasteiger partial charge is 0.0375 e. The van der Waals surface area contributed by atoms with Gasteiger partial charge in [-0.3, -0.25) is 9.80 Å². The van der Waals surface area contributed by atoms with Crippen LogP contribution < -0.4 is 5.73 Å². The molecule has 3 aliphatic heterocycles. The molecule has 3 heteroatoms. The number of unbranched alkanes of at least 4 members (excludes halogenated alkanes) is 1. The van der Waals surface area contributed by atoms with E-state index in [1.807, 2.05) is 6.08 Å². The highest BCUT2D eigenvalue weighted by atomic mass is 15.3. The van der Waals surface area contributed by atoms with Gasteiger partial charge in [-0.15, -0.1) is 6.58 Å². The largest absolute Gasteiger partial charge is 0.326 e. The lowest BCUT2D eigenvalue weighted by molar-refractivity contribution is 0.00123. The Hall–Kier alpha value is -0.380. The molecule has 0 aliphatic carbocycles. The number of piperazine rings is 3. The molecule has 0 amide bonds. The molecule has 2 atom stereocenters. The molecule has 2 N–H and O–H groups in total. The molecule has 15 heavy (non-hydrogen) atoms. The van der Waals surface area contributed by atoms with Gasteiger partial charge in [-0.1, -0.05) is 6.08 Å². The predicted molar refractivity (Wildman–Crippen MR) is 63.8 cm³/mol. The highest BCUT2D eigenvalue weighted by molar-refractivity contribution is 4.93. The van der Waals surface area contributed by atoms with Gasteiger partial charge in [-0.2, -0.15) is 0 Å². The standard InChI is InChI=1S/C12H23N3/c1-2-3-4-5-11(13)12-10-14-6-8-15(12)9-7-14/h2,11-12H,1,3-10,13H2. The molecule has 2 unspecified atom stereocenters. The van der Waals surface area contributed by atoms with E-state index >= 15 is 0 Å². The number of nitrogens with two attached hydrogens (primary N) is 1. The Morgan fingerprint density at radius 3 is 2.60 bits per heavy atom. The average molecular weight is 209 g/mol. The molecule has 3 nitrogen and oxygen atoms in total. The van der Waals surface area contributed by atoms with Crippen LogP contribution in [0.1, 0.15) is 19.3 Å². The van der Waals surface area contributed by atoms with E-state index in [2.05, 4.69) is 16.4 Å². The van der Waals surface area contributed by atoms with Gasteiger partial charge in [0.25, 0.3) is 0 Å². The van der Waals surface area contributed by atoms with E-state index in [0.717, 1.165) is 12.8 Å². The summed E-state index contributed by atoms with van der Waals surface area (Å²) in [5.74, 6) is 0. The molecule has 2 bridgehead atoms.